The molecule has 0 saturated carbocycles. The van der Waals surface area contributed by atoms with E-state index < -0.39 is 15.2 Å². The first kappa shape index (κ1) is 24.0. The van der Waals surface area contributed by atoms with Crippen molar-refractivity contribution in [2.75, 3.05) is 11.8 Å². The van der Waals surface area contributed by atoms with Crippen molar-refractivity contribution in [3.05, 3.63) is 47.9 Å². The molecular weight excluding hydrogens is 450 g/mol. The Morgan fingerprint density at radius 2 is 1.94 bits per heavy atom. The molecule has 8 nitrogen and oxygen atoms in total. The molecule has 172 valence electrons. The molecule has 0 aliphatic heterocycles. The molecule has 0 spiro atoms. The molecule has 0 fully saturated rings. The number of halogens is 1. The summed E-state index contributed by atoms with van der Waals surface area (Å²) in [6.45, 7) is 8.30. The molecule has 2 unspecified atom stereocenters. The van der Waals surface area contributed by atoms with Crippen LogP contribution < -0.4 is 4.72 Å². The van der Waals surface area contributed by atoms with Crippen LogP contribution in [0.15, 0.2) is 41.4 Å². The number of nitrogens with zero attached hydrogens (tertiary/aromatic N) is 4. The van der Waals surface area contributed by atoms with Gasteiger partial charge in [-0.3, -0.25) is 4.57 Å². The fourth-order valence-corrected chi connectivity index (χ4v) is 4.62. The van der Waals surface area contributed by atoms with Gasteiger partial charge in [-0.05, 0) is 35.9 Å². The van der Waals surface area contributed by atoms with E-state index in [0.717, 1.165) is 5.56 Å². The average molecular weight is 478 g/mol. The maximum absolute atomic E-state index is 13.5. The number of benzene rings is 1. The van der Waals surface area contributed by atoms with Crippen molar-refractivity contribution in [3.63, 3.8) is 0 Å². The largest absolute Gasteiger partial charge is 0.506 e. The van der Waals surface area contributed by atoms with E-state index in [0.29, 0.717) is 27.9 Å². The topological polar surface area (TPSA) is 102 Å². The SMILES string of the molecule is C=S(=O)(Nc1cc(O)cnc1-c1nnc(COC)n1C(C)Cl)c1ccc(C(C)(C)C)cc1. The summed E-state index contributed by atoms with van der Waals surface area (Å²) >= 11 is 6.37. The monoisotopic (exact) mass is 477 g/mol. The molecule has 2 heterocycles. The molecule has 0 amide bonds. The Bertz CT molecular complexity index is 1200. The fourth-order valence-electron chi connectivity index (χ4n) is 3.21. The number of pyridine rings is 1. The Labute approximate surface area is 193 Å². The van der Waals surface area contributed by atoms with Gasteiger partial charge in [-0.1, -0.05) is 44.5 Å². The third-order valence-corrected chi connectivity index (χ3v) is 6.64. The van der Waals surface area contributed by atoms with Crippen LogP contribution in [0, 0.1) is 0 Å². The van der Waals surface area contributed by atoms with Crippen LogP contribution in [0.3, 0.4) is 0 Å². The number of alkyl halides is 1. The van der Waals surface area contributed by atoms with Gasteiger partial charge < -0.3 is 14.6 Å². The van der Waals surface area contributed by atoms with Gasteiger partial charge in [0.2, 0.25) is 0 Å². The molecule has 10 heteroatoms. The lowest BCUT2D eigenvalue weighted by atomic mass is 9.87. The van der Waals surface area contributed by atoms with Gasteiger partial charge in [-0.15, -0.1) is 10.2 Å². The zero-order valence-electron chi connectivity index (χ0n) is 18.8. The van der Waals surface area contributed by atoms with Crippen LogP contribution in [0.4, 0.5) is 5.69 Å². The van der Waals surface area contributed by atoms with E-state index in [-0.39, 0.29) is 17.8 Å². The summed E-state index contributed by atoms with van der Waals surface area (Å²) in [5.74, 6) is 4.66. The zero-order valence-corrected chi connectivity index (χ0v) is 20.4. The van der Waals surface area contributed by atoms with Crippen molar-refractivity contribution < 1.29 is 14.1 Å². The normalized spacial score (nSPS) is 14.7. The van der Waals surface area contributed by atoms with Gasteiger partial charge >= 0.3 is 0 Å². The van der Waals surface area contributed by atoms with Gasteiger partial charge in [-0.25, -0.2) is 9.19 Å². The zero-order chi connectivity index (χ0) is 23.7. The van der Waals surface area contributed by atoms with Gasteiger partial charge in [0.05, 0.1) is 21.6 Å². The van der Waals surface area contributed by atoms with Crippen molar-refractivity contribution in [2.45, 2.75) is 50.1 Å². The summed E-state index contributed by atoms with van der Waals surface area (Å²) in [6.07, 6.45) is 1.28. The molecule has 0 aliphatic carbocycles. The molecule has 0 aliphatic rings. The highest BCUT2D eigenvalue weighted by molar-refractivity contribution is 8.01. The fraction of sp³-hybridized carbons (Fsp3) is 0.364. The molecule has 1 aromatic carbocycles. The van der Waals surface area contributed by atoms with Crippen LogP contribution in [0.2, 0.25) is 0 Å². The molecule has 0 saturated heterocycles. The summed E-state index contributed by atoms with van der Waals surface area (Å²) in [7, 11) is -1.43. The van der Waals surface area contributed by atoms with Crippen molar-refractivity contribution in [3.8, 4) is 17.3 Å². The molecular formula is C22H28ClN5O3S. The highest BCUT2D eigenvalue weighted by Gasteiger charge is 2.23. The second-order valence-electron chi connectivity index (χ2n) is 8.46. The predicted molar refractivity (Wildman–Crippen MR) is 128 cm³/mol. The number of nitrogens with one attached hydrogen (secondary N) is 1. The molecule has 32 heavy (non-hydrogen) atoms. The van der Waals surface area contributed by atoms with Crippen LogP contribution in [0.5, 0.6) is 5.75 Å². The van der Waals surface area contributed by atoms with Crippen LogP contribution in [-0.2, 0) is 26.5 Å². The van der Waals surface area contributed by atoms with E-state index in [2.05, 4.69) is 46.5 Å². The summed E-state index contributed by atoms with van der Waals surface area (Å²) in [6, 6.07) is 8.88. The highest BCUT2D eigenvalue weighted by Crippen LogP contribution is 2.32. The van der Waals surface area contributed by atoms with E-state index in [4.69, 9.17) is 16.3 Å². The smallest absolute Gasteiger partial charge is 0.186 e. The number of anilines is 1. The minimum absolute atomic E-state index is 0.0292. The standard InChI is InChI=1S/C22H28ClN5O3S/c1-14(23)28-19(13-31-5)25-26-21(28)20-18(11-16(29)12-24-20)27-32(6,30)17-9-7-15(8-10-17)22(2,3)4/h7-12,14,29H,6,13H2,1-5H3,(H,27,30). The van der Waals surface area contributed by atoms with E-state index in [1.807, 2.05) is 12.1 Å². The van der Waals surface area contributed by atoms with E-state index in [1.54, 1.807) is 30.7 Å². The number of aromatic hydroxyl groups is 1. The molecule has 2 N–H and O–H groups in total. The Balaban J connectivity index is 2.05. The number of ether oxygens (including phenoxy) is 1. The summed E-state index contributed by atoms with van der Waals surface area (Å²) in [4.78, 5) is 4.82. The van der Waals surface area contributed by atoms with E-state index >= 15 is 0 Å². The summed E-state index contributed by atoms with van der Waals surface area (Å²) in [5, 5.41) is 18.4. The maximum atomic E-state index is 13.5. The van der Waals surface area contributed by atoms with Crippen molar-refractivity contribution in [2.24, 2.45) is 0 Å². The molecule has 2 atom stereocenters. The van der Waals surface area contributed by atoms with Crippen LogP contribution in [0.1, 0.15) is 44.6 Å². The van der Waals surface area contributed by atoms with Crippen molar-refractivity contribution in [1.29, 1.82) is 0 Å². The van der Waals surface area contributed by atoms with Gasteiger partial charge in [0.1, 0.15) is 23.6 Å². The Morgan fingerprint density at radius 1 is 1.28 bits per heavy atom. The van der Waals surface area contributed by atoms with Crippen LogP contribution in [0.25, 0.3) is 11.5 Å². The lowest BCUT2D eigenvalue weighted by molar-refractivity contribution is 0.174. The lowest BCUT2D eigenvalue weighted by Crippen LogP contribution is -2.16. The molecule has 2 aromatic heterocycles. The Morgan fingerprint density at radius 3 is 2.50 bits per heavy atom. The van der Waals surface area contributed by atoms with E-state index in [9.17, 15) is 9.32 Å². The minimum atomic E-state index is -2.98. The first-order valence-corrected chi connectivity index (χ1v) is 12.1. The van der Waals surface area contributed by atoms with Gasteiger partial charge in [0.15, 0.2) is 11.6 Å². The first-order valence-electron chi connectivity index (χ1n) is 9.96. The third kappa shape index (κ3) is 5.06. The number of hydrogen-bond acceptors (Lipinski definition) is 6. The van der Waals surface area contributed by atoms with Gasteiger partial charge in [0.25, 0.3) is 0 Å². The van der Waals surface area contributed by atoms with Crippen molar-refractivity contribution in [1.82, 2.24) is 19.7 Å². The number of aromatic nitrogens is 4. The summed E-state index contributed by atoms with van der Waals surface area (Å²) in [5.41, 5.74) is 1.21. The van der Waals surface area contributed by atoms with E-state index in [1.165, 1.54) is 12.3 Å². The molecule has 0 radical (unpaired) electrons. The number of rotatable bonds is 7. The van der Waals surface area contributed by atoms with Gasteiger partial charge in [0, 0.05) is 18.1 Å². The lowest BCUT2D eigenvalue weighted by Gasteiger charge is -2.20. The molecule has 0 bridgehead atoms. The van der Waals surface area contributed by atoms with Crippen LogP contribution in [-0.4, -0.2) is 42.0 Å². The predicted octanol–water partition coefficient (Wildman–Crippen LogP) is 4.35. The minimum Gasteiger partial charge on any atom is -0.506 e. The average Bonchev–Trinajstić information content (AvgIpc) is 3.11. The first-order chi connectivity index (χ1) is 14.9. The quantitative estimate of drug-likeness (QED) is 0.387. The Kier molecular flexibility index (Phi) is 6.83. The van der Waals surface area contributed by atoms with Crippen LogP contribution >= 0.6 is 11.6 Å². The molecule has 3 aromatic rings. The number of methoxy groups -OCH3 is 1. The highest BCUT2D eigenvalue weighted by atomic mass is 35.5. The van der Waals surface area contributed by atoms with Gasteiger partial charge in [-0.2, -0.15) is 0 Å². The number of hydrogen-bond donors (Lipinski definition) is 2. The third-order valence-electron chi connectivity index (χ3n) is 4.86. The van der Waals surface area contributed by atoms with Crippen molar-refractivity contribution >= 4 is 32.9 Å². The Hall–Kier alpha value is -2.62. The maximum Gasteiger partial charge on any atom is 0.186 e. The second kappa shape index (κ2) is 9.09. The molecule has 3 rings (SSSR count). The second-order valence-corrected chi connectivity index (χ2v) is 11.1. The summed E-state index contributed by atoms with van der Waals surface area (Å²) < 4.78 is 23.3.